The lowest BCUT2D eigenvalue weighted by Crippen LogP contribution is -2.29. The van der Waals surface area contributed by atoms with Gasteiger partial charge < -0.3 is 9.73 Å². The van der Waals surface area contributed by atoms with Crippen LogP contribution in [0.4, 0.5) is 8.78 Å². The van der Waals surface area contributed by atoms with E-state index in [2.05, 4.69) is 21.2 Å². The molecule has 0 fully saturated rings. The Labute approximate surface area is 125 Å². The zero-order valence-corrected chi connectivity index (χ0v) is 13.1. The first-order chi connectivity index (χ1) is 9.40. The first-order valence-electron chi connectivity index (χ1n) is 6.34. The van der Waals surface area contributed by atoms with E-state index in [9.17, 15) is 8.78 Å². The number of aryl methyl sites for hydroxylation is 1. The summed E-state index contributed by atoms with van der Waals surface area (Å²) in [7, 11) is 0. The average Bonchev–Trinajstić information content (AvgIpc) is 2.77. The summed E-state index contributed by atoms with van der Waals surface area (Å²) in [5.41, 5.74) is 1.60. The number of nitrogens with one attached hydrogen (secondary N) is 1. The van der Waals surface area contributed by atoms with Gasteiger partial charge in [-0.25, -0.2) is 8.78 Å². The minimum Gasteiger partial charge on any atom is -0.457 e. The van der Waals surface area contributed by atoms with Gasteiger partial charge in [0.2, 0.25) is 0 Å². The molecule has 2 nitrogen and oxygen atoms in total. The van der Waals surface area contributed by atoms with Gasteiger partial charge in [0.05, 0.1) is 12.3 Å². The summed E-state index contributed by atoms with van der Waals surface area (Å²) in [6.45, 7) is 5.56. The molecule has 1 N–H and O–H groups in total. The molecule has 2 rings (SSSR count). The second-order valence-corrected chi connectivity index (χ2v) is 5.75. The van der Waals surface area contributed by atoms with Gasteiger partial charge >= 0.3 is 0 Å². The highest BCUT2D eigenvalue weighted by atomic mass is 79.9. The molecule has 108 valence electrons. The van der Waals surface area contributed by atoms with Gasteiger partial charge in [0, 0.05) is 23.2 Å². The van der Waals surface area contributed by atoms with Crippen molar-refractivity contribution in [3.63, 3.8) is 0 Å². The Morgan fingerprint density at radius 3 is 2.40 bits per heavy atom. The van der Waals surface area contributed by atoms with Gasteiger partial charge in [-0.1, -0.05) is 0 Å². The molecule has 0 bridgehead atoms. The molecular weight excluding hydrogens is 328 g/mol. The maximum absolute atomic E-state index is 14.1. The van der Waals surface area contributed by atoms with Crippen molar-refractivity contribution in [1.82, 2.24) is 5.32 Å². The maximum Gasteiger partial charge on any atom is 0.174 e. The van der Waals surface area contributed by atoms with Crippen LogP contribution in [0.15, 0.2) is 33.5 Å². The Bertz CT molecular complexity index is 610. The number of rotatable bonds is 4. The summed E-state index contributed by atoms with van der Waals surface area (Å²) < 4.78 is 33.3. The highest BCUT2D eigenvalue weighted by Gasteiger charge is 2.23. The van der Waals surface area contributed by atoms with Gasteiger partial charge in [0.25, 0.3) is 0 Å². The lowest BCUT2D eigenvalue weighted by atomic mass is 9.98. The van der Waals surface area contributed by atoms with Crippen molar-refractivity contribution >= 4 is 15.9 Å². The number of benzene rings is 1. The van der Waals surface area contributed by atoms with Crippen LogP contribution in [0.3, 0.4) is 0 Å². The van der Waals surface area contributed by atoms with Gasteiger partial charge in [-0.3, -0.25) is 0 Å². The lowest BCUT2D eigenvalue weighted by Gasteiger charge is -2.22. The Hall–Kier alpha value is -1.20. The van der Waals surface area contributed by atoms with Crippen LogP contribution in [0, 0.1) is 18.6 Å². The van der Waals surface area contributed by atoms with Crippen LogP contribution < -0.4 is 5.32 Å². The van der Waals surface area contributed by atoms with Crippen LogP contribution >= 0.6 is 15.9 Å². The number of hydrogen-bond donors (Lipinski definition) is 1. The van der Waals surface area contributed by atoms with E-state index in [-0.39, 0.29) is 6.04 Å². The minimum atomic E-state index is -0.570. The highest BCUT2D eigenvalue weighted by molar-refractivity contribution is 9.10. The first-order valence-corrected chi connectivity index (χ1v) is 7.14. The van der Waals surface area contributed by atoms with Gasteiger partial charge in [-0.2, -0.15) is 0 Å². The fraction of sp³-hybridized carbons (Fsp3) is 0.333. The molecule has 1 aromatic heterocycles. The molecule has 5 heteroatoms. The molecule has 1 heterocycles. The first kappa shape index (κ1) is 15.2. The van der Waals surface area contributed by atoms with Crippen LogP contribution in [-0.4, -0.2) is 6.04 Å². The van der Waals surface area contributed by atoms with Crippen molar-refractivity contribution < 1.29 is 13.2 Å². The summed E-state index contributed by atoms with van der Waals surface area (Å²) in [5.74, 6) is -1.11. The second-order valence-electron chi connectivity index (χ2n) is 5.03. The van der Waals surface area contributed by atoms with Crippen LogP contribution in [0.1, 0.15) is 36.6 Å². The predicted molar refractivity (Wildman–Crippen MR) is 77.6 cm³/mol. The molecule has 0 saturated carbocycles. The van der Waals surface area contributed by atoms with Crippen molar-refractivity contribution in [3.05, 3.63) is 57.5 Å². The summed E-state index contributed by atoms with van der Waals surface area (Å²) in [4.78, 5) is 0. The Kier molecular flexibility index (Phi) is 4.60. The van der Waals surface area contributed by atoms with E-state index in [0.717, 1.165) is 11.6 Å². The zero-order chi connectivity index (χ0) is 14.9. The van der Waals surface area contributed by atoms with Crippen LogP contribution in [-0.2, 0) is 0 Å². The van der Waals surface area contributed by atoms with E-state index in [1.165, 1.54) is 12.3 Å². The summed E-state index contributed by atoms with van der Waals surface area (Å²) in [6, 6.07) is 3.95. The molecular formula is C15H16BrF2NO. The molecule has 1 atom stereocenters. The van der Waals surface area contributed by atoms with Gasteiger partial charge in [-0.05, 0) is 54.4 Å². The van der Waals surface area contributed by atoms with Crippen molar-refractivity contribution in [1.29, 1.82) is 0 Å². The van der Waals surface area contributed by atoms with E-state index < -0.39 is 17.7 Å². The SMILES string of the molecule is Cc1cc(C(NC(C)C)c2ccoc2Br)c(F)cc1F. The maximum atomic E-state index is 14.1. The molecule has 0 aliphatic rings. The van der Waals surface area contributed by atoms with Crippen LogP contribution in [0.25, 0.3) is 0 Å². The van der Waals surface area contributed by atoms with Crippen LogP contribution in [0.2, 0.25) is 0 Å². The Morgan fingerprint density at radius 1 is 1.15 bits per heavy atom. The Morgan fingerprint density at radius 2 is 1.85 bits per heavy atom. The zero-order valence-electron chi connectivity index (χ0n) is 11.5. The van der Waals surface area contributed by atoms with Crippen molar-refractivity contribution in [2.24, 2.45) is 0 Å². The van der Waals surface area contributed by atoms with Gasteiger partial charge in [0.15, 0.2) is 4.67 Å². The number of halogens is 3. The molecule has 2 aromatic rings. The molecule has 20 heavy (non-hydrogen) atoms. The van der Waals surface area contributed by atoms with Gasteiger partial charge in [-0.15, -0.1) is 0 Å². The lowest BCUT2D eigenvalue weighted by molar-refractivity contribution is 0.483. The van der Waals surface area contributed by atoms with Crippen molar-refractivity contribution in [2.75, 3.05) is 0 Å². The molecule has 0 aliphatic heterocycles. The highest BCUT2D eigenvalue weighted by Crippen LogP contribution is 2.32. The van der Waals surface area contributed by atoms with E-state index in [0.29, 0.717) is 15.8 Å². The predicted octanol–water partition coefficient (Wildman–Crippen LogP) is 4.72. The number of furan rings is 1. The third-order valence-electron chi connectivity index (χ3n) is 3.05. The van der Waals surface area contributed by atoms with Gasteiger partial charge in [0.1, 0.15) is 11.6 Å². The average molecular weight is 344 g/mol. The normalized spacial score (nSPS) is 12.9. The largest absolute Gasteiger partial charge is 0.457 e. The quantitative estimate of drug-likeness (QED) is 0.869. The summed E-state index contributed by atoms with van der Waals surface area (Å²) in [6.07, 6.45) is 1.53. The Balaban J connectivity index is 2.52. The third-order valence-corrected chi connectivity index (χ3v) is 3.69. The minimum absolute atomic E-state index is 0.131. The standard InChI is InChI=1S/C15H16BrF2NO/c1-8(2)19-14(10-4-5-20-15(10)16)11-6-9(3)12(17)7-13(11)18/h4-8,14,19H,1-3H3. The monoisotopic (exact) mass is 343 g/mol. The topological polar surface area (TPSA) is 25.2 Å². The van der Waals surface area contributed by atoms with Crippen molar-refractivity contribution in [2.45, 2.75) is 32.9 Å². The van der Waals surface area contributed by atoms with Crippen molar-refractivity contribution in [3.8, 4) is 0 Å². The van der Waals surface area contributed by atoms with Crippen LogP contribution in [0.5, 0.6) is 0 Å². The fourth-order valence-corrected chi connectivity index (χ4v) is 2.56. The summed E-state index contributed by atoms with van der Waals surface area (Å²) in [5, 5.41) is 3.27. The molecule has 0 saturated heterocycles. The fourth-order valence-electron chi connectivity index (χ4n) is 2.09. The molecule has 0 aliphatic carbocycles. The number of hydrogen-bond acceptors (Lipinski definition) is 2. The molecule has 0 radical (unpaired) electrons. The van der Waals surface area contributed by atoms with E-state index in [4.69, 9.17) is 4.42 Å². The second kappa shape index (κ2) is 6.06. The van der Waals surface area contributed by atoms with E-state index >= 15 is 0 Å². The molecule has 1 unspecified atom stereocenters. The van der Waals surface area contributed by atoms with E-state index in [1.54, 1.807) is 13.0 Å². The molecule has 1 aromatic carbocycles. The van der Waals surface area contributed by atoms with E-state index in [1.807, 2.05) is 13.8 Å². The molecule has 0 spiro atoms. The smallest absolute Gasteiger partial charge is 0.174 e. The summed E-state index contributed by atoms with van der Waals surface area (Å²) >= 11 is 3.31. The third kappa shape index (κ3) is 3.10. The molecule has 0 amide bonds.